The van der Waals surface area contributed by atoms with Crippen molar-refractivity contribution in [1.29, 1.82) is 5.26 Å². The Labute approximate surface area is 129 Å². The van der Waals surface area contributed by atoms with Crippen LogP contribution in [-0.2, 0) is 0 Å². The molecule has 21 heavy (non-hydrogen) atoms. The number of anilines is 1. The summed E-state index contributed by atoms with van der Waals surface area (Å²) in [5.74, 6) is 0.0958. The third kappa shape index (κ3) is 3.67. The summed E-state index contributed by atoms with van der Waals surface area (Å²) in [5, 5.41) is 12.0. The standard InChI is InChI=1S/C14H12BrFN4O/c1-2-6-18-14-19-8-10(15)13(20-14)21-12-5-3-4-11(16)9(12)7-17/h3-5,8H,2,6H2,1H3,(H,18,19,20). The second-order valence-corrected chi connectivity index (χ2v) is 4.95. The number of hydrogen-bond acceptors (Lipinski definition) is 5. The van der Waals surface area contributed by atoms with Crippen molar-refractivity contribution in [2.24, 2.45) is 0 Å². The summed E-state index contributed by atoms with van der Waals surface area (Å²) in [7, 11) is 0. The Kier molecular flexibility index (Phi) is 5.06. The van der Waals surface area contributed by atoms with Crippen LogP contribution in [0.4, 0.5) is 10.3 Å². The highest BCUT2D eigenvalue weighted by Gasteiger charge is 2.13. The van der Waals surface area contributed by atoms with E-state index in [2.05, 4.69) is 31.2 Å². The predicted octanol–water partition coefficient (Wildman–Crippen LogP) is 3.86. The molecule has 1 heterocycles. The molecule has 0 atom stereocenters. The van der Waals surface area contributed by atoms with E-state index in [1.54, 1.807) is 6.07 Å². The SMILES string of the molecule is CCCNc1ncc(Br)c(Oc2cccc(F)c2C#N)n1. The lowest BCUT2D eigenvalue weighted by atomic mass is 10.2. The van der Waals surface area contributed by atoms with E-state index < -0.39 is 5.82 Å². The lowest BCUT2D eigenvalue weighted by Crippen LogP contribution is -2.05. The smallest absolute Gasteiger partial charge is 0.238 e. The molecule has 0 aliphatic rings. The van der Waals surface area contributed by atoms with Gasteiger partial charge in [-0.2, -0.15) is 10.2 Å². The molecule has 0 aliphatic carbocycles. The van der Waals surface area contributed by atoms with Gasteiger partial charge in [-0.25, -0.2) is 9.37 Å². The van der Waals surface area contributed by atoms with Gasteiger partial charge < -0.3 is 10.1 Å². The summed E-state index contributed by atoms with van der Waals surface area (Å²) in [4.78, 5) is 8.28. The highest BCUT2D eigenvalue weighted by Crippen LogP contribution is 2.30. The van der Waals surface area contributed by atoms with Crippen molar-refractivity contribution in [3.05, 3.63) is 40.2 Å². The normalized spacial score (nSPS) is 10.0. The largest absolute Gasteiger partial charge is 0.436 e. The molecule has 0 amide bonds. The van der Waals surface area contributed by atoms with E-state index in [0.29, 0.717) is 10.4 Å². The van der Waals surface area contributed by atoms with Gasteiger partial charge in [0.15, 0.2) is 0 Å². The lowest BCUT2D eigenvalue weighted by molar-refractivity contribution is 0.452. The van der Waals surface area contributed by atoms with Crippen molar-refractivity contribution in [1.82, 2.24) is 9.97 Å². The Balaban J connectivity index is 2.31. The van der Waals surface area contributed by atoms with E-state index in [0.717, 1.165) is 13.0 Å². The van der Waals surface area contributed by atoms with E-state index in [1.807, 2.05) is 6.92 Å². The first-order valence-corrected chi connectivity index (χ1v) is 7.08. The van der Waals surface area contributed by atoms with Crippen LogP contribution in [0.25, 0.3) is 0 Å². The molecule has 0 radical (unpaired) electrons. The zero-order valence-corrected chi connectivity index (χ0v) is 12.8. The summed E-state index contributed by atoms with van der Waals surface area (Å²) in [6.07, 6.45) is 2.46. The van der Waals surface area contributed by atoms with Gasteiger partial charge in [0.2, 0.25) is 11.8 Å². The average molecular weight is 351 g/mol. The molecule has 0 aliphatic heterocycles. The van der Waals surface area contributed by atoms with Crippen LogP contribution >= 0.6 is 15.9 Å². The van der Waals surface area contributed by atoms with Crippen LogP contribution in [0.3, 0.4) is 0 Å². The molecule has 0 bridgehead atoms. The van der Waals surface area contributed by atoms with Gasteiger partial charge in [-0.3, -0.25) is 0 Å². The highest BCUT2D eigenvalue weighted by molar-refractivity contribution is 9.10. The molecule has 2 aromatic rings. The minimum Gasteiger partial charge on any atom is -0.436 e. The molecule has 7 heteroatoms. The number of benzene rings is 1. The first kappa shape index (κ1) is 15.2. The molecule has 1 aromatic heterocycles. The monoisotopic (exact) mass is 350 g/mol. The van der Waals surface area contributed by atoms with E-state index in [1.165, 1.54) is 24.4 Å². The number of nitrogens with zero attached hydrogens (tertiary/aromatic N) is 3. The maximum absolute atomic E-state index is 13.5. The number of nitrogens with one attached hydrogen (secondary N) is 1. The summed E-state index contributed by atoms with van der Waals surface area (Å²) < 4.78 is 19.6. The Morgan fingerprint density at radius 1 is 1.48 bits per heavy atom. The van der Waals surface area contributed by atoms with Crippen LogP contribution in [0.5, 0.6) is 11.6 Å². The molecule has 1 N–H and O–H groups in total. The van der Waals surface area contributed by atoms with Crippen molar-refractivity contribution in [2.75, 3.05) is 11.9 Å². The van der Waals surface area contributed by atoms with Crippen molar-refractivity contribution < 1.29 is 9.13 Å². The summed E-state index contributed by atoms with van der Waals surface area (Å²) in [6, 6.07) is 5.96. The van der Waals surface area contributed by atoms with E-state index in [9.17, 15) is 4.39 Å². The molecule has 0 saturated carbocycles. The average Bonchev–Trinajstić information content (AvgIpc) is 2.48. The number of ether oxygens (including phenoxy) is 1. The van der Waals surface area contributed by atoms with Crippen molar-refractivity contribution in [3.8, 4) is 17.7 Å². The maximum atomic E-state index is 13.5. The number of hydrogen-bond donors (Lipinski definition) is 1. The van der Waals surface area contributed by atoms with Crippen molar-refractivity contribution in [2.45, 2.75) is 13.3 Å². The van der Waals surface area contributed by atoms with Crippen LogP contribution < -0.4 is 10.1 Å². The van der Waals surface area contributed by atoms with Gasteiger partial charge in [-0.05, 0) is 34.5 Å². The third-order valence-corrected chi connectivity index (χ3v) is 3.08. The Morgan fingerprint density at radius 3 is 3.00 bits per heavy atom. The molecule has 1 aromatic carbocycles. The summed E-state index contributed by atoms with van der Waals surface area (Å²) >= 11 is 3.27. The highest BCUT2D eigenvalue weighted by atomic mass is 79.9. The fourth-order valence-electron chi connectivity index (χ4n) is 1.55. The fourth-order valence-corrected chi connectivity index (χ4v) is 1.82. The van der Waals surface area contributed by atoms with Crippen LogP contribution in [-0.4, -0.2) is 16.5 Å². The number of halogens is 2. The second-order valence-electron chi connectivity index (χ2n) is 4.10. The van der Waals surface area contributed by atoms with Gasteiger partial charge in [0, 0.05) is 6.54 Å². The minimum absolute atomic E-state index is 0.110. The van der Waals surface area contributed by atoms with Gasteiger partial charge in [-0.1, -0.05) is 13.0 Å². The summed E-state index contributed by atoms with van der Waals surface area (Å²) in [5.41, 5.74) is -0.161. The Bertz CT molecular complexity index is 687. The molecule has 0 spiro atoms. The van der Waals surface area contributed by atoms with Crippen molar-refractivity contribution in [3.63, 3.8) is 0 Å². The zero-order valence-electron chi connectivity index (χ0n) is 11.2. The van der Waals surface area contributed by atoms with E-state index in [-0.39, 0.29) is 17.2 Å². The molecule has 5 nitrogen and oxygen atoms in total. The molecule has 0 fully saturated rings. The minimum atomic E-state index is -0.635. The molecule has 2 rings (SSSR count). The van der Waals surface area contributed by atoms with Gasteiger partial charge in [0.25, 0.3) is 0 Å². The van der Waals surface area contributed by atoms with Gasteiger partial charge in [0.05, 0.1) is 10.7 Å². The molecule has 0 unspecified atom stereocenters. The van der Waals surface area contributed by atoms with Gasteiger partial charge >= 0.3 is 0 Å². The number of aromatic nitrogens is 2. The first-order valence-electron chi connectivity index (χ1n) is 6.28. The van der Waals surface area contributed by atoms with E-state index >= 15 is 0 Å². The van der Waals surface area contributed by atoms with Gasteiger partial charge in [-0.15, -0.1) is 0 Å². The Morgan fingerprint density at radius 2 is 2.29 bits per heavy atom. The fraction of sp³-hybridized carbons (Fsp3) is 0.214. The maximum Gasteiger partial charge on any atom is 0.238 e. The van der Waals surface area contributed by atoms with Crippen molar-refractivity contribution >= 4 is 21.9 Å². The van der Waals surface area contributed by atoms with Crippen LogP contribution in [0.15, 0.2) is 28.9 Å². The molecular weight excluding hydrogens is 339 g/mol. The molecular formula is C14H12BrFN4O. The van der Waals surface area contributed by atoms with Gasteiger partial charge in [0.1, 0.15) is 23.2 Å². The Hall–Kier alpha value is -2.20. The van der Waals surface area contributed by atoms with Crippen LogP contribution in [0.2, 0.25) is 0 Å². The quantitative estimate of drug-likeness (QED) is 0.886. The first-order chi connectivity index (χ1) is 10.2. The molecule has 0 saturated heterocycles. The summed E-state index contributed by atoms with van der Waals surface area (Å²) in [6.45, 7) is 2.75. The topological polar surface area (TPSA) is 70.8 Å². The third-order valence-electron chi connectivity index (χ3n) is 2.54. The van der Waals surface area contributed by atoms with E-state index in [4.69, 9.17) is 10.00 Å². The zero-order chi connectivity index (χ0) is 15.2. The van der Waals surface area contributed by atoms with Crippen LogP contribution in [0.1, 0.15) is 18.9 Å². The van der Waals surface area contributed by atoms with Crippen LogP contribution in [0, 0.1) is 17.1 Å². The predicted molar refractivity (Wildman–Crippen MR) is 79.7 cm³/mol. The number of nitriles is 1. The lowest BCUT2D eigenvalue weighted by Gasteiger charge is -2.10. The molecule has 108 valence electrons. The second kappa shape index (κ2) is 6.99. The number of rotatable bonds is 5.